The second-order valence-electron chi connectivity index (χ2n) is 14.5. The van der Waals surface area contributed by atoms with Gasteiger partial charge in [0, 0.05) is 36.2 Å². The minimum atomic E-state index is -4.52. The number of aryl methyl sites for hydroxylation is 1. The molecule has 2 aromatic rings. The molecule has 13 nitrogen and oxygen atoms in total. The van der Waals surface area contributed by atoms with E-state index in [2.05, 4.69) is 4.90 Å². The maximum absolute atomic E-state index is 12.2. The zero-order valence-corrected chi connectivity index (χ0v) is 34.1. The van der Waals surface area contributed by atoms with Crippen molar-refractivity contribution in [1.82, 2.24) is 0 Å². The highest BCUT2D eigenvalue weighted by Crippen LogP contribution is 2.51. The maximum atomic E-state index is 12.2. The first-order chi connectivity index (χ1) is 25.0. The summed E-state index contributed by atoms with van der Waals surface area (Å²) in [6, 6.07) is 6.30. The molecule has 1 unspecified atom stereocenters. The van der Waals surface area contributed by atoms with Gasteiger partial charge in [-0.25, -0.2) is 4.57 Å². The molecule has 2 aliphatic rings. The Morgan fingerprint density at radius 3 is 2.20 bits per heavy atom. The molecule has 0 spiro atoms. The summed E-state index contributed by atoms with van der Waals surface area (Å²) < 4.78 is 100. The van der Waals surface area contributed by atoms with Crippen LogP contribution in [0.15, 0.2) is 76.4 Å². The number of fused-ring (bicyclic) bond motifs is 2. The van der Waals surface area contributed by atoms with Gasteiger partial charge in [-0.1, -0.05) is 42.7 Å². The lowest BCUT2D eigenvalue weighted by Gasteiger charge is -2.30. The number of unbranched alkanes of at least 4 members (excludes halogenated alkanes) is 3. The summed E-state index contributed by atoms with van der Waals surface area (Å²) in [6.07, 6.45) is 14.9. The average Bonchev–Trinajstić information content (AvgIpc) is 3.43. The second kappa shape index (κ2) is 17.3. The number of aliphatic imine (C=N–C) groups is 1. The SMILES string of the molecule is CC(=O)CCCCCN1/C(=C/C=C/C=C/C2=Nc3c(cc(Cl)c[n+]3CCCS(=O)(=O)O)C2(C)C)C(C)(CCCCS(=O)(=O)O)c2cc(S(=O)(=O)O)ccc21. The van der Waals surface area contributed by atoms with Crippen molar-refractivity contribution in [2.75, 3.05) is 23.0 Å². The molecule has 54 heavy (non-hydrogen) atoms. The summed E-state index contributed by atoms with van der Waals surface area (Å²) in [5, 5.41) is 0.464. The Labute approximate surface area is 323 Å². The molecule has 0 saturated heterocycles. The van der Waals surface area contributed by atoms with Gasteiger partial charge in [-0.2, -0.15) is 25.3 Å². The van der Waals surface area contributed by atoms with E-state index < -0.39 is 52.7 Å². The van der Waals surface area contributed by atoms with Gasteiger partial charge in [0.25, 0.3) is 30.4 Å². The van der Waals surface area contributed by atoms with Crippen LogP contribution >= 0.6 is 11.6 Å². The number of benzene rings is 1. The van der Waals surface area contributed by atoms with E-state index in [9.17, 15) is 43.7 Å². The quantitative estimate of drug-likeness (QED) is 0.0605. The Kier molecular flexibility index (Phi) is 13.9. The molecule has 17 heteroatoms. The van der Waals surface area contributed by atoms with Crippen LogP contribution in [0, 0.1) is 0 Å². The fourth-order valence-electron chi connectivity index (χ4n) is 7.05. The summed E-state index contributed by atoms with van der Waals surface area (Å²) in [7, 11) is -12.8. The van der Waals surface area contributed by atoms with Crippen molar-refractivity contribution in [1.29, 1.82) is 0 Å². The number of hydrogen-bond donors (Lipinski definition) is 3. The molecule has 1 aromatic carbocycles. The standard InChI is InChI=1S/C37H48ClN3O10S3/c1-27(42)14-7-6-11-21-41-32-18-17-29(54(49,50)51)25-30(32)37(4,19-10-12-22-52(43,44)45)34(41)16-9-5-8-15-33-36(2,3)31-24-28(38)26-40(35(31)39-33)20-13-23-53(46,47)48/h5,8-9,15-18,24-26H,6-7,10-14,19-23H2,1-4H3,(H2-,43,44,45,46,47,48,49,50,51)/p+1. The number of carbonyl (C=O) groups excluding carboxylic acids is 1. The van der Waals surface area contributed by atoms with Crippen molar-refractivity contribution in [2.45, 2.75) is 101 Å². The van der Waals surface area contributed by atoms with Crippen LogP contribution in [0.3, 0.4) is 0 Å². The van der Waals surface area contributed by atoms with Crippen LogP contribution in [0.25, 0.3) is 0 Å². The van der Waals surface area contributed by atoms with Crippen LogP contribution in [0.1, 0.15) is 90.2 Å². The number of ketones is 1. The smallest absolute Gasteiger partial charge is 0.327 e. The van der Waals surface area contributed by atoms with E-state index >= 15 is 0 Å². The number of Topliss-reactive ketones (excluding diaryl/α,β-unsaturated/α-hetero) is 1. The van der Waals surface area contributed by atoms with E-state index in [1.54, 1.807) is 23.8 Å². The summed E-state index contributed by atoms with van der Waals surface area (Å²) in [5.41, 5.74) is 2.51. The third-order valence-electron chi connectivity index (χ3n) is 9.89. The number of anilines is 1. The van der Waals surface area contributed by atoms with E-state index in [-0.39, 0.29) is 30.1 Å². The van der Waals surface area contributed by atoms with Gasteiger partial charge in [-0.15, -0.1) is 0 Å². The molecule has 296 valence electrons. The van der Waals surface area contributed by atoms with Gasteiger partial charge in [0.15, 0.2) is 5.71 Å². The predicted octanol–water partition coefficient (Wildman–Crippen LogP) is 6.50. The molecular weight excluding hydrogens is 778 g/mol. The van der Waals surface area contributed by atoms with Crippen molar-refractivity contribution in [2.24, 2.45) is 4.99 Å². The molecule has 0 saturated carbocycles. The van der Waals surface area contributed by atoms with Gasteiger partial charge in [-0.3, -0.25) is 13.7 Å². The monoisotopic (exact) mass is 826 g/mol. The summed E-state index contributed by atoms with van der Waals surface area (Å²) in [5.74, 6) is -0.0483. The molecule has 3 heterocycles. The molecule has 0 aliphatic carbocycles. The predicted molar refractivity (Wildman–Crippen MR) is 210 cm³/mol. The lowest BCUT2D eigenvalue weighted by molar-refractivity contribution is -0.684. The van der Waals surface area contributed by atoms with Crippen LogP contribution in [0.5, 0.6) is 0 Å². The lowest BCUT2D eigenvalue weighted by Crippen LogP contribution is -2.36. The number of nitrogens with zero attached hydrogens (tertiary/aromatic N) is 3. The van der Waals surface area contributed by atoms with Gasteiger partial charge in [0.2, 0.25) is 0 Å². The fraction of sp³-hybridized carbons (Fsp3) is 0.486. The van der Waals surface area contributed by atoms with E-state index in [1.807, 2.05) is 57.2 Å². The topological polar surface area (TPSA) is 200 Å². The Bertz CT molecular complexity index is 2210. The molecule has 3 N–H and O–H groups in total. The zero-order chi connectivity index (χ0) is 40.1. The summed E-state index contributed by atoms with van der Waals surface area (Å²) >= 11 is 6.43. The van der Waals surface area contributed by atoms with Crippen molar-refractivity contribution in [3.63, 3.8) is 0 Å². The van der Waals surface area contributed by atoms with Crippen LogP contribution in [0.2, 0.25) is 5.02 Å². The first-order valence-electron chi connectivity index (χ1n) is 17.7. The van der Waals surface area contributed by atoms with Gasteiger partial charge < -0.3 is 9.69 Å². The molecule has 1 atom stereocenters. The Morgan fingerprint density at radius 2 is 1.56 bits per heavy atom. The zero-order valence-electron chi connectivity index (χ0n) is 30.9. The van der Waals surface area contributed by atoms with Gasteiger partial charge >= 0.3 is 5.82 Å². The van der Waals surface area contributed by atoms with E-state index in [1.165, 1.54) is 12.1 Å². The van der Waals surface area contributed by atoms with E-state index in [0.29, 0.717) is 42.2 Å². The maximum Gasteiger partial charge on any atom is 0.327 e. The summed E-state index contributed by atoms with van der Waals surface area (Å²) in [4.78, 5) is 18.2. The minimum Gasteiger partial charge on any atom is -0.344 e. The van der Waals surface area contributed by atoms with Gasteiger partial charge in [-0.05, 0) is 100 Å². The number of hydrogen-bond acceptors (Lipinski definition) is 9. The molecule has 2 aliphatic heterocycles. The van der Waals surface area contributed by atoms with Crippen LogP contribution in [-0.2, 0) is 52.5 Å². The van der Waals surface area contributed by atoms with Crippen LogP contribution < -0.4 is 9.47 Å². The number of rotatable bonds is 19. The largest absolute Gasteiger partial charge is 0.344 e. The second-order valence-corrected chi connectivity index (χ2v) is 19.5. The number of aromatic nitrogens is 1. The minimum absolute atomic E-state index is 0.116. The molecule has 4 rings (SSSR count). The molecular formula is C37H49ClN3O10S3+. The normalized spacial score (nSPS) is 19.2. The van der Waals surface area contributed by atoms with E-state index in [0.717, 1.165) is 41.9 Å². The lowest BCUT2D eigenvalue weighted by atomic mass is 9.77. The molecule has 0 amide bonds. The molecule has 1 aromatic heterocycles. The van der Waals surface area contributed by atoms with Gasteiger partial charge in [0.05, 0.1) is 38.9 Å². The third kappa shape index (κ3) is 11.2. The number of halogens is 1. The van der Waals surface area contributed by atoms with Crippen LogP contribution in [-0.4, -0.2) is 68.5 Å². The van der Waals surface area contributed by atoms with Gasteiger partial charge in [0.1, 0.15) is 12.0 Å². The first kappa shape index (κ1) is 43.5. The van der Waals surface area contributed by atoms with Crippen molar-refractivity contribution >= 4 is 65.0 Å². The molecule has 0 fully saturated rings. The summed E-state index contributed by atoms with van der Waals surface area (Å²) in [6.45, 7) is 8.35. The van der Waals surface area contributed by atoms with Crippen molar-refractivity contribution in [3.05, 3.63) is 82.7 Å². The highest BCUT2D eigenvalue weighted by molar-refractivity contribution is 7.86. The molecule has 0 radical (unpaired) electrons. The molecule has 0 bridgehead atoms. The number of pyridine rings is 1. The first-order valence-corrected chi connectivity index (χ1v) is 22.7. The third-order valence-corrected chi connectivity index (χ3v) is 12.6. The van der Waals surface area contributed by atoms with E-state index in [4.69, 9.17) is 16.6 Å². The fourth-order valence-corrected chi connectivity index (χ4v) is 8.85. The highest BCUT2D eigenvalue weighted by Gasteiger charge is 2.44. The average molecular weight is 827 g/mol. The van der Waals surface area contributed by atoms with Crippen molar-refractivity contribution in [3.8, 4) is 0 Å². The number of allylic oxidation sites excluding steroid dienone is 6. The highest BCUT2D eigenvalue weighted by atomic mass is 35.5. The van der Waals surface area contributed by atoms with Crippen LogP contribution in [0.4, 0.5) is 11.5 Å². The number of carbonyl (C=O) groups is 1. The Morgan fingerprint density at radius 1 is 0.870 bits per heavy atom. The Balaban J connectivity index is 1.67. The van der Waals surface area contributed by atoms with Crippen molar-refractivity contribution < 1.29 is 48.3 Å². The Hall–Kier alpha value is -3.25.